The van der Waals surface area contributed by atoms with E-state index in [9.17, 15) is 9.36 Å². The maximum absolute atomic E-state index is 12.7. The van der Waals surface area contributed by atoms with Crippen LogP contribution < -0.4 is 21.3 Å². The normalized spacial score (nSPS) is 10.9. The van der Waals surface area contributed by atoms with E-state index in [0.29, 0.717) is 45.3 Å². The first-order chi connectivity index (χ1) is 17.5. The van der Waals surface area contributed by atoms with Gasteiger partial charge in [0, 0.05) is 10.9 Å². The van der Waals surface area contributed by atoms with Crippen LogP contribution in [-0.2, 0) is 9.36 Å². The molecule has 37 heavy (non-hydrogen) atoms. The molecule has 11 heteroatoms. The highest BCUT2D eigenvalue weighted by Gasteiger charge is 2.17. The summed E-state index contributed by atoms with van der Waals surface area (Å²) >= 11 is 12.9. The zero-order valence-corrected chi connectivity index (χ0v) is 23.3. The smallest absolute Gasteiger partial charge is 0.247 e. The number of nitrogens with zero attached hydrogens (tertiary/aromatic N) is 3. The molecule has 3 rings (SSSR count). The summed E-state index contributed by atoms with van der Waals surface area (Å²) in [4.78, 5) is 22.7. The molecule has 0 fully saturated rings. The van der Waals surface area contributed by atoms with Gasteiger partial charge in [0.1, 0.15) is 12.2 Å². The van der Waals surface area contributed by atoms with E-state index in [1.54, 1.807) is 31.5 Å². The molecule has 0 radical (unpaired) electrons. The first kappa shape index (κ1) is 28.2. The molecular weight excluding hydrogens is 530 g/mol. The monoisotopic (exact) mass is 556 g/mol. The van der Waals surface area contributed by atoms with Crippen LogP contribution >= 0.6 is 30.3 Å². The number of hydrogen-bond donors (Lipinski definition) is 3. The van der Waals surface area contributed by atoms with E-state index in [1.807, 2.05) is 37.2 Å². The molecule has 3 N–H and O–H groups in total. The number of benzene rings is 2. The van der Waals surface area contributed by atoms with Crippen LogP contribution in [-0.4, -0.2) is 54.7 Å². The highest BCUT2D eigenvalue weighted by atomic mass is 35.5. The highest BCUT2D eigenvalue weighted by Crippen LogP contribution is 2.39. The summed E-state index contributed by atoms with van der Waals surface area (Å²) in [6.07, 6.45) is 2.61. The van der Waals surface area contributed by atoms with Gasteiger partial charge in [-0.1, -0.05) is 53.8 Å². The zero-order chi connectivity index (χ0) is 27.2. The van der Waals surface area contributed by atoms with Gasteiger partial charge in [0.15, 0.2) is 5.82 Å². The Morgan fingerprint density at radius 2 is 1.84 bits per heavy atom. The number of aromatic nitrogens is 2. The molecule has 0 saturated carbocycles. The van der Waals surface area contributed by atoms with E-state index < -0.39 is 7.14 Å². The van der Waals surface area contributed by atoms with Crippen LogP contribution in [0.15, 0.2) is 55.3 Å². The lowest BCUT2D eigenvalue weighted by atomic mass is 10.1. The first-order valence-electron chi connectivity index (χ1n) is 11.1. The van der Waals surface area contributed by atoms with Crippen molar-refractivity contribution in [2.45, 2.75) is 0 Å². The Balaban J connectivity index is 1.95. The van der Waals surface area contributed by atoms with Crippen molar-refractivity contribution in [1.29, 1.82) is 0 Å². The average molecular weight is 557 g/mol. The van der Waals surface area contributed by atoms with Crippen molar-refractivity contribution in [1.82, 2.24) is 14.9 Å². The summed E-state index contributed by atoms with van der Waals surface area (Å²) in [5, 5.41) is 10.3. The minimum Gasteiger partial charge on any atom is -0.338 e. The highest BCUT2D eigenvalue weighted by molar-refractivity contribution is 7.70. The van der Waals surface area contributed by atoms with Crippen molar-refractivity contribution < 1.29 is 9.36 Å². The topological polar surface area (TPSA) is 99.2 Å². The molecule has 1 heterocycles. The standard InChI is InChI=1S/C26H27Cl2N6O2P/c1-6-24(35)30-21-15-22(18(27)14-17(21)10-9-13-34(2)3)32-26-29-16-19(28)25(33-26)31-20-11-7-8-12-23(20)37(4,5)36/h6-8,11-12,14-16H,1,13H2,2-5H3,(H,30,35)(H2,29,31,32,33). The van der Waals surface area contributed by atoms with Gasteiger partial charge >= 0.3 is 0 Å². The third kappa shape index (κ3) is 7.82. The molecule has 0 bridgehead atoms. The van der Waals surface area contributed by atoms with Gasteiger partial charge in [0.05, 0.1) is 34.8 Å². The molecule has 2 aromatic carbocycles. The van der Waals surface area contributed by atoms with E-state index in [0.717, 1.165) is 0 Å². The second kappa shape index (κ2) is 12.3. The van der Waals surface area contributed by atoms with Crippen LogP contribution in [0.2, 0.25) is 10.0 Å². The molecule has 192 valence electrons. The third-order valence-corrected chi connectivity index (χ3v) is 7.04. The van der Waals surface area contributed by atoms with Gasteiger partial charge in [-0.05, 0) is 57.8 Å². The SMILES string of the molecule is C=CC(=O)Nc1cc(Nc2ncc(Cl)c(Nc3ccccc3P(C)(C)=O)n2)c(Cl)cc1C#CCN(C)C. The molecular formula is C26H27Cl2N6O2P. The number of amides is 1. The predicted octanol–water partition coefficient (Wildman–Crippen LogP) is 5.56. The van der Waals surface area contributed by atoms with Gasteiger partial charge < -0.3 is 20.5 Å². The molecule has 3 aromatic rings. The Morgan fingerprint density at radius 3 is 2.51 bits per heavy atom. The summed E-state index contributed by atoms with van der Waals surface area (Å²) in [7, 11) is 1.26. The van der Waals surface area contributed by atoms with Crippen LogP contribution in [0.25, 0.3) is 0 Å². The van der Waals surface area contributed by atoms with Crippen molar-refractivity contribution in [3.63, 3.8) is 0 Å². The first-order valence-corrected chi connectivity index (χ1v) is 14.5. The number of carbonyl (C=O) groups excluding carboxylic acids is 1. The molecule has 0 unspecified atom stereocenters. The molecule has 0 saturated heterocycles. The second-order valence-electron chi connectivity index (χ2n) is 8.62. The molecule has 0 atom stereocenters. The van der Waals surface area contributed by atoms with E-state index in [2.05, 4.69) is 44.3 Å². The van der Waals surface area contributed by atoms with Crippen LogP contribution in [0.5, 0.6) is 0 Å². The summed E-state index contributed by atoms with van der Waals surface area (Å²) in [5.41, 5.74) is 2.08. The molecule has 0 aliphatic heterocycles. The molecule has 0 aliphatic rings. The largest absolute Gasteiger partial charge is 0.338 e. The number of hydrogen-bond acceptors (Lipinski definition) is 7. The molecule has 0 aliphatic carbocycles. The van der Waals surface area contributed by atoms with Crippen LogP contribution in [0, 0.1) is 11.8 Å². The van der Waals surface area contributed by atoms with Crippen molar-refractivity contribution >= 4 is 70.4 Å². The maximum atomic E-state index is 12.7. The fourth-order valence-corrected chi connectivity index (χ4v) is 4.67. The summed E-state index contributed by atoms with van der Waals surface area (Å²) in [6.45, 7) is 7.43. The van der Waals surface area contributed by atoms with Crippen molar-refractivity contribution in [2.75, 3.05) is 49.9 Å². The van der Waals surface area contributed by atoms with Gasteiger partial charge in [-0.2, -0.15) is 4.98 Å². The molecule has 8 nitrogen and oxygen atoms in total. The number of rotatable bonds is 8. The Hall–Kier alpha value is -3.34. The van der Waals surface area contributed by atoms with Gasteiger partial charge in [-0.15, -0.1) is 0 Å². The number of anilines is 5. The number of halogens is 2. The molecule has 1 amide bonds. The Bertz CT molecular complexity index is 1440. The van der Waals surface area contributed by atoms with Crippen LogP contribution in [0.3, 0.4) is 0 Å². The fraction of sp³-hybridized carbons (Fsp3) is 0.192. The number of carbonyl (C=O) groups is 1. The lowest BCUT2D eigenvalue weighted by molar-refractivity contribution is -0.111. The summed E-state index contributed by atoms with van der Waals surface area (Å²) < 4.78 is 12.7. The van der Waals surface area contributed by atoms with Crippen molar-refractivity contribution in [2.24, 2.45) is 0 Å². The van der Waals surface area contributed by atoms with Gasteiger partial charge in [0.25, 0.3) is 0 Å². The van der Waals surface area contributed by atoms with Gasteiger partial charge in [0.2, 0.25) is 11.9 Å². The second-order valence-corrected chi connectivity index (χ2v) is 12.6. The quantitative estimate of drug-likeness (QED) is 0.190. The summed E-state index contributed by atoms with van der Waals surface area (Å²) in [5.74, 6) is 6.20. The van der Waals surface area contributed by atoms with E-state index in [4.69, 9.17) is 23.2 Å². The molecule has 0 spiro atoms. The zero-order valence-electron chi connectivity index (χ0n) is 20.9. The van der Waals surface area contributed by atoms with E-state index in [-0.39, 0.29) is 16.9 Å². The number of nitrogens with one attached hydrogen (secondary N) is 3. The van der Waals surface area contributed by atoms with Crippen molar-refractivity contribution in [3.8, 4) is 11.8 Å². The Kier molecular flexibility index (Phi) is 9.36. The minimum absolute atomic E-state index is 0.204. The van der Waals surface area contributed by atoms with Crippen molar-refractivity contribution in [3.05, 3.63) is 70.9 Å². The fourth-order valence-electron chi connectivity index (χ4n) is 3.16. The van der Waals surface area contributed by atoms with E-state index in [1.165, 1.54) is 12.3 Å². The molecule has 1 aromatic heterocycles. The lowest BCUT2D eigenvalue weighted by Gasteiger charge is -2.16. The summed E-state index contributed by atoms with van der Waals surface area (Å²) in [6, 6.07) is 10.6. The van der Waals surface area contributed by atoms with Crippen LogP contribution in [0.1, 0.15) is 5.56 Å². The Morgan fingerprint density at radius 1 is 1.11 bits per heavy atom. The third-order valence-electron chi connectivity index (χ3n) is 4.90. The van der Waals surface area contributed by atoms with E-state index >= 15 is 0 Å². The Labute approximate surface area is 226 Å². The minimum atomic E-state index is -2.56. The average Bonchev–Trinajstić information content (AvgIpc) is 2.83. The predicted molar refractivity (Wildman–Crippen MR) is 155 cm³/mol. The lowest BCUT2D eigenvalue weighted by Crippen LogP contribution is -2.12. The van der Waals surface area contributed by atoms with Crippen LogP contribution in [0.4, 0.5) is 28.8 Å². The number of para-hydroxylation sites is 1. The maximum Gasteiger partial charge on any atom is 0.247 e. The van der Waals surface area contributed by atoms with Gasteiger partial charge in [-0.25, -0.2) is 4.98 Å². The van der Waals surface area contributed by atoms with Gasteiger partial charge in [-0.3, -0.25) is 9.69 Å².